The lowest BCUT2D eigenvalue weighted by Crippen LogP contribution is -2.32. The number of hydrogen-bond acceptors (Lipinski definition) is 3. The van der Waals surface area contributed by atoms with Crippen molar-refractivity contribution in [2.75, 3.05) is 37.6 Å². The van der Waals surface area contributed by atoms with E-state index in [4.69, 9.17) is 0 Å². The molecular weight excluding hydrogens is 470 g/mol. The lowest BCUT2D eigenvalue weighted by molar-refractivity contribution is 0.0697. The molecule has 0 spiro atoms. The first-order valence-electron chi connectivity index (χ1n) is 15.1. The average Bonchev–Trinajstić information content (AvgIpc) is 3.06. The summed E-state index contributed by atoms with van der Waals surface area (Å²) in [7, 11) is 0. The minimum absolute atomic E-state index is 0.385. The van der Waals surface area contributed by atoms with Gasteiger partial charge in [0, 0.05) is 41.8 Å². The summed E-state index contributed by atoms with van der Waals surface area (Å²) in [6.45, 7) is 8.80. The standard InChI is InChI=1S/C33H43N3O2/c1-24-12-14-28-29(22-24)35(19-9-18-34-16-7-2-3-8-17-34)20-21-36-30-23-26(33(37)38)13-15-27(30)31(32(28)36)25-10-5-4-6-11-25/h12-15,22-23,25H,2-11,16-21H2,1H3,(H,37,38). The molecular formula is C33H43N3O2. The maximum Gasteiger partial charge on any atom is 0.335 e. The molecule has 0 bridgehead atoms. The van der Waals surface area contributed by atoms with E-state index in [1.54, 1.807) is 0 Å². The fraction of sp³-hybridized carbons (Fsp3) is 0.545. The molecule has 1 aromatic heterocycles. The number of rotatable bonds is 6. The van der Waals surface area contributed by atoms with Gasteiger partial charge in [-0.15, -0.1) is 0 Å². The highest BCUT2D eigenvalue weighted by Crippen LogP contribution is 2.47. The highest BCUT2D eigenvalue weighted by Gasteiger charge is 2.30. The van der Waals surface area contributed by atoms with Crippen LogP contribution in [0.1, 0.15) is 91.6 Å². The van der Waals surface area contributed by atoms with Crippen LogP contribution in [0.25, 0.3) is 22.2 Å². The second-order valence-electron chi connectivity index (χ2n) is 11.9. The van der Waals surface area contributed by atoms with Crippen molar-refractivity contribution in [3.05, 3.63) is 53.1 Å². The van der Waals surface area contributed by atoms with Crippen molar-refractivity contribution >= 4 is 22.6 Å². The fourth-order valence-corrected chi connectivity index (χ4v) is 7.36. The summed E-state index contributed by atoms with van der Waals surface area (Å²) in [6.07, 6.45) is 13.0. The van der Waals surface area contributed by atoms with Crippen LogP contribution >= 0.6 is 0 Å². The van der Waals surface area contributed by atoms with Gasteiger partial charge in [-0.1, -0.05) is 50.3 Å². The molecule has 3 heterocycles. The summed E-state index contributed by atoms with van der Waals surface area (Å²) >= 11 is 0. The van der Waals surface area contributed by atoms with E-state index in [2.05, 4.69) is 45.6 Å². The first kappa shape index (κ1) is 25.5. The lowest BCUT2D eigenvalue weighted by Gasteiger charge is -2.28. The van der Waals surface area contributed by atoms with Crippen molar-refractivity contribution < 1.29 is 9.90 Å². The predicted octanol–water partition coefficient (Wildman–Crippen LogP) is 7.45. The van der Waals surface area contributed by atoms with E-state index in [9.17, 15) is 9.90 Å². The Kier molecular flexibility index (Phi) is 7.47. The van der Waals surface area contributed by atoms with Gasteiger partial charge in [-0.05, 0) is 93.9 Å². The maximum absolute atomic E-state index is 11.9. The first-order valence-corrected chi connectivity index (χ1v) is 15.1. The molecule has 5 heteroatoms. The number of carbonyl (C=O) groups is 1. The Balaban J connectivity index is 1.40. The number of carboxylic acid groups (broad SMARTS) is 1. The Morgan fingerprint density at radius 3 is 2.39 bits per heavy atom. The summed E-state index contributed by atoms with van der Waals surface area (Å²) in [5.74, 6) is -0.302. The summed E-state index contributed by atoms with van der Waals surface area (Å²) < 4.78 is 2.47. The van der Waals surface area contributed by atoms with Crippen molar-refractivity contribution in [2.24, 2.45) is 0 Å². The molecule has 6 rings (SSSR count). The number of hydrogen-bond donors (Lipinski definition) is 1. The summed E-state index contributed by atoms with van der Waals surface area (Å²) in [4.78, 5) is 17.2. The molecule has 0 unspecified atom stereocenters. The number of aryl methyl sites for hydroxylation is 1. The van der Waals surface area contributed by atoms with Crippen LogP contribution in [0.3, 0.4) is 0 Å². The maximum atomic E-state index is 11.9. The Bertz CT molecular complexity index is 1300. The molecule has 2 fully saturated rings. The Morgan fingerprint density at radius 2 is 1.63 bits per heavy atom. The third-order valence-electron chi connectivity index (χ3n) is 9.31. The number of likely N-dealkylation sites (tertiary alicyclic amines) is 1. The van der Waals surface area contributed by atoms with E-state index in [1.807, 2.05) is 12.1 Å². The lowest BCUT2D eigenvalue weighted by atomic mass is 9.81. The van der Waals surface area contributed by atoms with Gasteiger partial charge in [-0.3, -0.25) is 0 Å². The van der Waals surface area contributed by atoms with Crippen LogP contribution in [0, 0.1) is 6.92 Å². The molecule has 0 atom stereocenters. The molecule has 1 N–H and O–H groups in total. The highest BCUT2D eigenvalue weighted by molar-refractivity contribution is 5.99. The zero-order valence-electron chi connectivity index (χ0n) is 23.1. The van der Waals surface area contributed by atoms with E-state index in [0.717, 1.165) is 25.2 Å². The van der Waals surface area contributed by atoms with Crippen molar-refractivity contribution in [1.29, 1.82) is 0 Å². The predicted molar refractivity (Wildman–Crippen MR) is 157 cm³/mol. The van der Waals surface area contributed by atoms with Gasteiger partial charge in [0.15, 0.2) is 0 Å². The van der Waals surface area contributed by atoms with Crippen LogP contribution in [0.2, 0.25) is 0 Å². The number of aromatic carboxylic acids is 1. The number of nitrogens with zero attached hydrogens (tertiary/aromatic N) is 3. The Morgan fingerprint density at radius 1 is 0.868 bits per heavy atom. The normalized spacial score (nSPS) is 19.1. The average molecular weight is 514 g/mol. The molecule has 0 radical (unpaired) electrons. The number of fused-ring (bicyclic) bond motifs is 5. The summed E-state index contributed by atoms with van der Waals surface area (Å²) in [6, 6.07) is 12.8. The number of carboxylic acids is 1. The molecule has 2 aromatic carbocycles. The highest BCUT2D eigenvalue weighted by atomic mass is 16.4. The largest absolute Gasteiger partial charge is 0.478 e. The van der Waals surface area contributed by atoms with Gasteiger partial charge in [0.25, 0.3) is 0 Å². The monoisotopic (exact) mass is 513 g/mol. The second kappa shape index (κ2) is 11.1. The van der Waals surface area contributed by atoms with Crippen molar-refractivity contribution in [2.45, 2.75) is 83.6 Å². The van der Waals surface area contributed by atoms with Crippen LogP contribution in [-0.2, 0) is 6.54 Å². The number of anilines is 1. The van der Waals surface area contributed by atoms with Crippen LogP contribution in [0.5, 0.6) is 0 Å². The third-order valence-corrected chi connectivity index (χ3v) is 9.31. The first-order chi connectivity index (χ1) is 18.6. The zero-order chi connectivity index (χ0) is 26.1. The molecule has 3 aromatic rings. The molecule has 5 nitrogen and oxygen atoms in total. The van der Waals surface area contributed by atoms with E-state index in [1.165, 1.54) is 117 Å². The SMILES string of the molecule is Cc1ccc2c(c1)N(CCCN1CCCCCC1)CCn1c-2c(C2CCCCC2)c2ccc(C(=O)O)cc21. The Labute approximate surface area is 227 Å². The fourth-order valence-electron chi connectivity index (χ4n) is 7.36. The van der Waals surface area contributed by atoms with Crippen molar-refractivity contribution in [3.63, 3.8) is 0 Å². The molecule has 3 aliphatic rings. The number of benzene rings is 2. The van der Waals surface area contributed by atoms with Crippen molar-refractivity contribution in [3.8, 4) is 11.3 Å². The molecule has 202 valence electrons. The molecule has 2 aliphatic heterocycles. The summed E-state index contributed by atoms with van der Waals surface area (Å²) in [5.41, 5.74) is 8.29. The second-order valence-corrected chi connectivity index (χ2v) is 11.9. The Hall–Kier alpha value is -2.79. The summed E-state index contributed by atoms with van der Waals surface area (Å²) in [5, 5.41) is 11.1. The molecule has 1 saturated heterocycles. The van der Waals surface area contributed by atoms with Gasteiger partial charge < -0.3 is 19.5 Å². The van der Waals surface area contributed by atoms with Crippen LogP contribution in [0.4, 0.5) is 5.69 Å². The van der Waals surface area contributed by atoms with E-state index >= 15 is 0 Å². The van der Waals surface area contributed by atoms with Gasteiger partial charge in [-0.2, -0.15) is 0 Å². The third kappa shape index (κ3) is 4.98. The number of aromatic nitrogens is 1. The van der Waals surface area contributed by atoms with E-state index in [0.29, 0.717) is 11.5 Å². The topological polar surface area (TPSA) is 48.7 Å². The zero-order valence-corrected chi connectivity index (χ0v) is 23.1. The van der Waals surface area contributed by atoms with E-state index in [-0.39, 0.29) is 0 Å². The smallest absolute Gasteiger partial charge is 0.335 e. The minimum atomic E-state index is -0.846. The minimum Gasteiger partial charge on any atom is -0.478 e. The van der Waals surface area contributed by atoms with Crippen LogP contribution in [0.15, 0.2) is 36.4 Å². The molecule has 1 saturated carbocycles. The van der Waals surface area contributed by atoms with Crippen molar-refractivity contribution in [1.82, 2.24) is 9.47 Å². The molecule has 0 amide bonds. The van der Waals surface area contributed by atoms with Gasteiger partial charge in [0.05, 0.1) is 11.3 Å². The van der Waals surface area contributed by atoms with Crippen LogP contribution in [-0.4, -0.2) is 53.3 Å². The van der Waals surface area contributed by atoms with Gasteiger partial charge in [-0.25, -0.2) is 4.79 Å². The quantitative estimate of drug-likeness (QED) is 0.372. The van der Waals surface area contributed by atoms with Gasteiger partial charge >= 0.3 is 5.97 Å². The molecule has 1 aliphatic carbocycles. The van der Waals surface area contributed by atoms with Gasteiger partial charge in [0.1, 0.15) is 0 Å². The van der Waals surface area contributed by atoms with E-state index < -0.39 is 5.97 Å². The van der Waals surface area contributed by atoms with Gasteiger partial charge in [0.2, 0.25) is 0 Å². The molecule has 38 heavy (non-hydrogen) atoms. The van der Waals surface area contributed by atoms with Crippen LogP contribution < -0.4 is 4.90 Å².